The average molecular weight is 841 g/mol. The highest BCUT2D eigenvalue weighted by atomic mass is 35.5. The lowest BCUT2D eigenvalue weighted by Crippen LogP contribution is -2.53. The molecule has 0 radical (unpaired) electrons. The fourth-order valence-electron chi connectivity index (χ4n) is 13.1. The third kappa shape index (κ3) is 5.85. The predicted octanol–water partition coefficient (Wildman–Crippen LogP) is 6.75. The van der Waals surface area contributed by atoms with E-state index in [2.05, 4.69) is 43.9 Å². The Morgan fingerprint density at radius 3 is 2.44 bits per heavy atom. The molecule has 316 valence electrons. The number of benzene rings is 3. The summed E-state index contributed by atoms with van der Waals surface area (Å²) >= 11 is 6.63. The minimum Gasteiger partial charge on any atom is -0.492 e. The summed E-state index contributed by atoms with van der Waals surface area (Å²) < 4.78 is 8.72. The Morgan fingerprint density at radius 2 is 1.66 bits per heavy atom. The fraction of sp³-hybridized carbons (Fsp3) is 0.531. The van der Waals surface area contributed by atoms with Gasteiger partial charge < -0.3 is 19.4 Å². The molecule has 12 rings (SSSR count). The minimum atomic E-state index is -0.621. The topological polar surface area (TPSA) is 117 Å². The SMILES string of the molecule is O=C1CC[C@H](N2Cc3c(ccc4c3OCC43CCN(C4CC(CN5CCC(c6ccc7c(c6)-n6c(nc(=O)c8c(Cl)cccc86)C76CCCCC6)CC5)C4)CC3)C2=O)C(=O)N1. The van der Waals surface area contributed by atoms with E-state index in [9.17, 15) is 19.2 Å². The van der Waals surface area contributed by atoms with E-state index >= 15 is 0 Å². The van der Waals surface area contributed by atoms with Crippen molar-refractivity contribution in [1.82, 2.24) is 29.6 Å². The molecule has 2 saturated carbocycles. The summed E-state index contributed by atoms with van der Waals surface area (Å²) in [5, 5.41) is 3.40. The molecule has 3 saturated heterocycles. The lowest BCUT2D eigenvalue weighted by molar-refractivity contribution is -0.136. The maximum absolute atomic E-state index is 13.4. The number of fused-ring (bicyclic) bond motifs is 11. The third-order valence-electron chi connectivity index (χ3n) is 16.6. The van der Waals surface area contributed by atoms with Gasteiger partial charge in [0.15, 0.2) is 0 Å². The summed E-state index contributed by atoms with van der Waals surface area (Å²) in [7, 11) is 0. The van der Waals surface area contributed by atoms with Gasteiger partial charge in [-0.25, -0.2) is 0 Å². The molecule has 2 spiro atoms. The monoisotopic (exact) mass is 840 g/mol. The Morgan fingerprint density at radius 1 is 0.869 bits per heavy atom. The number of halogens is 1. The van der Waals surface area contributed by atoms with Crippen LogP contribution < -0.4 is 15.6 Å². The number of likely N-dealkylation sites (tertiary alicyclic amines) is 2. The molecule has 2 aliphatic carbocycles. The molecule has 0 bridgehead atoms. The highest BCUT2D eigenvalue weighted by Crippen LogP contribution is 2.53. The first kappa shape index (κ1) is 38.1. The fourth-order valence-corrected chi connectivity index (χ4v) is 13.4. The molecule has 11 nitrogen and oxygen atoms in total. The maximum Gasteiger partial charge on any atom is 0.282 e. The van der Waals surface area contributed by atoms with Crippen molar-refractivity contribution in [2.45, 2.75) is 119 Å². The van der Waals surface area contributed by atoms with Gasteiger partial charge in [0, 0.05) is 41.1 Å². The van der Waals surface area contributed by atoms with Crippen LogP contribution in [-0.2, 0) is 27.0 Å². The third-order valence-corrected chi connectivity index (χ3v) is 16.9. The first-order valence-electron chi connectivity index (χ1n) is 23.0. The van der Waals surface area contributed by atoms with Crippen molar-refractivity contribution >= 4 is 40.2 Å². The van der Waals surface area contributed by atoms with E-state index in [4.69, 9.17) is 21.3 Å². The van der Waals surface area contributed by atoms with Crippen molar-refractivity contribution in [3.05, 3.63) is 97.5 Å². The molecule has 61 heavy (non-hydrogen) atoms. The van der Waals surface area contributed by atoms with Gasteiger partial charge in [0.2, 0.25) is 11.8 Å². The number of ether oxygens (including phenoxy) is 1. The second kappa shape index (κ2) is 14.2. The number of imide groups is 1. The lowest BCUT2D eigenvalue weighted by Gasteiger charge is -2.49. The van der Waals surface area contributed by atoms with Gasteiger partial charge >= 0.3 is 0 Å². The summed E-state index contributed by atoms with van der Waals surface area (Å²) in [6.07, 6.45) is 13.2. The molecule has 3 amide bonds. The first-order valence-corrected chi connectivity index (χ1v) is 23.3. The van der Waals surface area contributed by atoms with Crippen molar-refractivity contribution < 1.29 is 19.1 Å². The highest BCUT2D eigenvalue weighted by Gasteiger charge is 2.50. The summed E-state index contributed by atoms with van der Waals surface area (Å²) in [5.41, 5.74) is 7.12. The van der Waals surface area contributed by atoms with Crippen molar-refractivity contribution in [1.29, 1.82) is 0 Å². The van der Waals surface area contributed by atoms with Crippen LogP contribution in [0.1, 0.15) is 128 Å². The number of rotatable bonds is 5. The Kier molecular flexibility index (Phi) is 8.89. The van der Waals surface area contributed by atoms with Gasteiger partial charge in [0.25, 0.3) is 11.5 Å². The van der Waals surface area contributed by atoms with E-state index in [-0.39, 0.29) is 40.5 Å². The van der Waals surface area contributed by atoms with Gasteiger partial charge in [0.1, 0.15) is 17.6 Å². The van der Waals surface area contributed by atoms with Crippen molar-refractivity contribution in [3.8, 4) is 11.4 Å². The largest absolute Gasteiger partial charge is 0.492 e. The molecule has 5 fully saturated rings. The predicted molar refractivity (Wildman–Crippen MR) is 232 cm³/mol. The normalized spacial score (nSPS) is 26.9. The summed E-state index contributed by atoms with van der Waals surface area (Å²) in [5.74, 6) is 2.23. The van der Waals surface area contributed by atoms with Gasteiger partial charge in [-0.05, 0) is 131 Å². The lowest BCUT2D eigenvalue weighted by atomic mass is 9.69. The second-order valence-corrected chi connectivity index (χ2v) is 20.1. The molecular formula is C49H53ClN6O5. The molecule has 12 heteroatoms. The van der Waals surface area contributed by atoms with Crippen LogP contribution in [0.5, 0.6) is 5.75 Å². The molecule has 1 aromatic heterocycles. The van der Waals surface area contributed by atoms with Crippen LogP contribution in [0.25, 0.3) is 16.6 Å². The first-order chi connectivity index (χ1) is 29.7. The van der Waals surface area contributed by atoms with E-state index in [1.807, 2.05) is 18.2 Å². The minimum absolute atomic E-state index is 0.0313. The van der Waals surface area contributed by atoms with E-state index in [1.54, 1.807) is 11.0 Å². The molecule has 6 aliphatic heterocycles. The number of hydrogen-bond acceptors (Lipinski definition) is 8. The number of carbonyl (C=O) groups is 3. The van der Waals surface area contributed by atoms with Crippen LogP contribution in [0.15, 0.2) is 53.3 Å². The van der Waals surface area contributed by atoms with E-state index < -0.39 is 6.04 Å². The van der Waals surface area contributed by atoms with Gasteiger partial charge in [-0.1, -0.05) is 55.1 Å². The number of nitrogens with zero attached hydrogens (tertiary/aromatic N) is 5. The van der Waals surface area contributed by atoms with Crippen molar-refractivity contribution in [2.24, 2.45) is 5.92 Å². The standard InChI is InChI=1S/C49H53ClN6O5/c50-37-5-4-6-38-42(37)45(59)52-47-49(15-2-1-3-16-49)35-9-7-31(25-40(35)56(38)47)30-13-19-53(20-14-30)26-29-23-32(24-29)54-21-17-48(18-22-54)28-61-43-34-27-55(39-11-12-41(57)51-44(39)58)46(60)33(34)8-10-36(43)48/h4-10,25,29-30,32,39H,1-3,11-24,26-28H2,(H,51,57,58)/t29?,32?,39-/m0/s1. The number of nitrogens with one attached hydrogen (secondary N) is 1. The van der Waals surface area contributed by atoms with Gasteiger partial charge in [0.05, 0.1) is 40.2 Å². The zero-order chi connectivity index (χ0) is 41.2. The maximum atomic E-state index is 13.4. The van der Waals surface area contributed by atoms with Gasteiger partial charge in [-0.15, -0.1) is 0 Å². The van der Waals surface area contributed by atoms with Crippen LogP contribution >= 0.6 is 11.6 Å². The van der Waals surface area contributed by atoms with Crippen molar-refractivity contribution in [2.75, 3.05) is 39.3 Å². The van der Waals surface area contributed by atoms with Crippen LogP contribution in [0.2, 0.25) is 5.02 Å². The molecule has 0 unspecified atom stereocenters. The van der Waals surface area contributed by atoms with E-state index in [1.165, 1.54) is 48.2 Å². The van der Waals surface area contributed by atoms with Crippen LogP contribution in [-0.4, -0.2) is 93.4 Å². The Balaban J connectivity index is 0.666. The number of piperidine rings is 3. The smallest absolute Gasteiger partial charge is 0.282 e. The number of hydrogen-bond donors (Lipinski definition) is 1. The molecule has 4 aromatic rings. The zero-order valence-corrected chi connectivity index (χ0v) is 35.5. The molecular weight excluding hydrogens is 788 g/mol. The van der Waals surface area contributed by atoms with E-state index in [0.717, 1.165) is 106 Å². The van der Waals surface area contributed by atoms with Crippen LogP contribution in [0, 0.1) is 5.92 Å². The molecule has 3 aromatic carbocycles. The van der Waals surface area contributed by atoms with Crippen LogP contribution in [0.3, 0.4) is 0 Å². The summed E-state index contributed by atoms with van der Waals surface area (Å²) in [6, 6.07) is 17.1. The zero-order valence-electron chi connectivity index (χ0n) is 34.7. The molecule has 8 aliphatic rings. The average Bonchev–Trinajstić information content (AvgIpc) is 3.87. The summed E-state index contributed by atoms with van der Waals surface area (Å²) in [4.78, 5) is 63.1. The molecule has 1 N–H and O–H groups in total. The van der Waals surface area contributed by atoms with Crippen molar-refractivity contribution in [3.63, 3.8) is 0 Å². The number of carbonyl (C=O) groups excluding carboxylic acids is 3. The van der Waals surface area contributed by atoms with E-state index in [0.29, 0.717) is 47.5 Å². The molecule has 1 atom stereocenters. The van der Waals surface area contributed by atoms with Crippen LogP contribution in [0.4, 0.5) is 0 Å². The molecule has 7 heterocycles. The number of aromatic nitrogens is 2. The number of amides is 3. The van der Waals surface area contributed by atoms with Gasteiger partial charge in [-0.3, -0.25) is 29.1 Å². The Labute approximate surface area is 360 Å². The Bertz CT molecular complexity index is 2580. The second-order valence-electron chi connectivity index (χ2n) is 19.7. The highest BCUT2D eigenvalue weighted by molar-refractivity contribution is 6.35. The van der Waals surface area contributed by atoms with Gasteiger partial charge in [-0.2, -0.15) is 4.98 Å². The summed E-state index contributed by atoms with van der Waals surface area (Å²) in [6.45, 7) is 6.56. The quantitative estimate of drug-likeness (QED) is 0.220. The Hall–Kier alpha value is -4.58.